The summed E-state index contributed by atoms with van der Waals surface area (Å²) in [6.07, 6.45) is -3.27. The third-order valence-electron chi connectivity index (χ3n) is 9.78. The van der Waals surface area contributed by atoms with Crippen molar-refractivity contribution in [3.05, 3.63) is 52.6 Å². The Balaban J connectivity index is 1.68. The molecule has 0 spiro atoms. The van der Waals surface area contributed by atoms with Crippen molar-refractivity contribution in [1.29, 1.82) is 0 Å². The van der Waals surface area contributed by atoms with E-state index in [1.165, 1.54) is 26.0 Å². The molecule has 4 nitrogen and oxygen atoms in total. The van der Waals surface area contributed by atoms with Crippen molar-refractivity contribution < 1.29 is 40.3 Å². The van der Waals surface area contributed by atoms with Crippen LogP contribution in [0.5, 0.6) is 0 Å². The Kier molecular flexibility index (Phi) is 6.31. The van der Waals surface area contributed by atoms with Crippen LogP contribution in [0.2, 0.25) is 0 Å². The van der Waals surface area contributed by atoms with Crippen molar-refractivity contribution in [1.82, 2.24) is 0 Å². The maximum Gasteiger partial charge on any atom is 0.456 e. The number of alkyl halides is 5. The van der Waals surface area contributed by atoms with Crippen molar-refractivity contribution in [2.75, 3.05) is 5.75 Å². The van der Waals surface area contributed by atoms with E-state index in [0.29, 0.717) is 31.2 Å². The smallest absolute Gasteiger partial charge is 0.383 e. The van der Waals surface area contributed by atoms with Gasteiger partial charge in [0.05, 0.1) is 10.6 Å². The molecule has 2 unspecified atom stereocenters. The highest BCUT2D eigenvalue weighted by Crippen LogP contribution is 2.70. The summed E-state index contributed by atoms with van der Waals surface area (Å²) in [4.78, 5) is 12.2. The van der Waals surface area contributed by atoms with Crippen LogP contribution in [0.4, 0.5) is 22.0 Å². The van der Waals surface area contributed by atoms with E-state index in [1.54, 1.807) is 18.2 Å². The van der Waals surface area contributed by atoms with Crippen molar-refractivity contribution >= 4 is 15.6 Å². The highest BCUT2D eigenvalue weighted by Gasteiger charge is 2.79. The van der Waals surface area contributed by atoms with E-state index < -0.39 is 51.2 Å². The average Bonchev–Trinajstić information content (AvgIpc) is 3.14. The lowest BCUT2D eigenvalue weighted by Gasteiger charge is -2.56. The van der Waals surface area contributed by atoms with E-state index in [2.05, 4.69) is 0 Å². The largest absolute Gasteiger partial charge is 0.456 e. The molecule has 5 rings (SSSR count). The van der Waals surface area contributed by atoms with Crippen LogP contribution in [0.15, 0.2) is 52.0 Å². The Bertz CT molecular complexity index is 1330. The molecule has 0 heterocycles. The first kappa shape index (κ1) is 27.5. The second kappa shape index (κ2) is 8.71. The number of hydrogen-bond acceptors (Lipinski definition) is 4. The van der Waals surface area contributed by atoms with Gasteiger partial charge in [-0.3, -0.25) is 4.79 Å². The van der Waals surface area contributed by atoms with E-state index in [-0.39, 0.29) is 35.2 Å². The molecule has 0 bridgehead atoms. The van der Waals surface area contributed by atoms with Crippen molar-refractivity contribution in [2.45, 2.75) is 87.3 Å². The van der Waals surface area contributed by atoms with Crippen LogP contribution < -0.4 is 0 Å². The molecule has 10 heteroatoms. The summed E-state index contributed by atoms with van der Waals surface area (Å²) in [5, 5.41) is 11.3. The molecule has 0 aromatic heterocycles. The van der Waals surface area contributed by atoms with Crippen LogP contribution in [0.25, 0.3) is 0 Å². The fourth-order valence-corrected chi connectivity index (χ4v) is 8.67. The van der Waals surface area contributed by atoms with Crippen LogP contribution in [0.1, 0.15) is 70.3 Å². The molecule has 1 aromatic carbocycles. The van der Waals surface area contributed by atoms with Crippen LogP contribution in [0.3, 0.4) is 0 Å². The minimum Gasteiger partial charge on any atom is -0.383 e. The van der Waals surface area contributed by atoms with Gasteiger partial charge in [0.15, 0.2) is 15.6 Å². The van der Waals surface area contributed by atoms with Gasteiger partial charge in [0.25, 0.3) is 0 Å². The molecule has 4 aliphatic carbocycles. The fraction of sp³-hybridized carbons (Fsp3) is 0.607. The Labute approximate surface area is 218 Å². The monoisotopic (exact) mass is 558 g/mol. The fourth-order valence-electron chi connectivity index (χ4n) is 7.79. The molecule has 1 N–H and O–H groups in total. The molecule has 2 saturated carbocycles. The number of rotatable bonds is 4. The molecule has 38 heavy (non-hydrogen) atoms. The van der Waals surface area contributed by atoms with Crippen molar-refractivity contribution in [3.8, 4) is 0 Å². The van der Waals surface area contributed by atoms with Crippen molar-refractivity contribution in [2.24, 2.45) is 17.3 Å². The summed E-state index contributed by atoms with van der Waals surface area (Å²) in [6.45, 7) is 2.88. The van der Waals surface area contributed by atoms with Crippen molar-refractivity contribution in [3.63, 3.8) is 0 Å². The third kappa shape index (κ3) is 3.76. The number of benzene rings is 1. The van der Waals surface area contributed by atoms with Gasteiger partial charge in [0, 0.05) is 17.8 Å². The summed E-state index contributed by atoms with van der Waals surface area (Å²) < 4.78 is 95.7. The standard InChI is InChI=1S/C28H31F5O4S/c1-3-38(36,37)19-8-4-16(5-9-19)22-15-25(2)23(12-13-26(25,35)27(29,30)28(31,32)33)21-10-6-17-14-18(34)7-11-20(17)24(21)22/h4-5,8-9,14,21-23,35H,3,6-7,10-13,15H2,1-2H3/t21-,22?,23-,25-,26?/m0/s1. The van der Waals surface area contributed by atoms with Crippen LogP contribution in [0, 0.1) is 17.3 Å². The highest BCUT2D eigenvalue weighted by atomic mass is 32.2. The van der Waals surface area contributed by atoms with E-state index in [9.17, 15) is 31.5 Å². The van der Waals surface area contributed by atoms with Gasteiger partial charge < -0.3 is 5.11 Å². The zero-order valence-electron chi connectivity index (χ0n) is 21.2. The minimum atomic E-state index is -5.91. The number of allylic oxidation sites excluding steroid dienone is 4. The Morgan fingerprint density at radius 3 is 2.29 bits per heavy atom. The van der Waals surface area contributed by atoms with E-state index in [1.807, 2.05) is 0 Å². The van der Waals surface area contributed by atoms with Crippen LogP contribution >= 0.6 is 0 Å². The van der Waals surface area contributed by atoms with Crippen LogP contribution in [-0.2, 0) is 14.6 Å². The molecule has 4 aliphatic rings. The van der Waals surface area contributed by atoms with Gasteiger partial charge >= 0.3 is 12.1 Å². The lowest BCUT2D eigenvalue weighted by atomic mass is 9.50. The molecule has 0 aliphatic heterocycles. The number of ketones is 1. The Morgan fingerprint density at radius 1 is 1.03 bits per heavy atom. The second-order valence-corrected chi connectivity index (χ2v) is 13.7. The Morgan fingerprint density at radius 2 is 1.68 bits per heavy atom. The first-order valence-electron chi connectivity index (χ1n) is 13.0. The summed E-state index contributed by atoms with van der Waals surface area (Å²) >= 11 is 0. The number of fused-ring (bicyclic) bond motifs is 4. The molecule has 0 saturated heterocycles. The molecular formula is C28H31F5O4S. The number of aliphatic hydroxyl groups is 1. The summed E-state index contributed by atoms with van der Waals surface area (Å²) in [7, 11) is -3.50. The molecule has 1 aromatic rings. The molecular weight excluding hydrogens is 527 g/mol. The number of halogens is 5. The normalized spacial score (nSPS) is 33.9. The van der Waals surface area contributed by atoms with Gasteiger partial charge in [0.1, 0.15) is 5.60 Å². The predicted molar refractivity (Wildman–Crippen MR) is 130 cm³/mol. The lowest BCUT2D eigenvalue weighted by Crippen LogP contribution is -2.65. The molecule has 5 atom stereocenters. The van der Waals surface area contributed by atoms with Crippen LogP contribution in [-0.4, -0.2) is 42.8 Å². The second-order valence-electron chi connectivity index (χ2n) is 11.4. The molecule has 208 valence electrons. The van der Waals surface area contributed by atoms with Gasteiger partial charge in [0.2, 0.25) is 0 Å². The lowest BCUT2D eigenvalue weighted by molar-refractivity contribution is -0.362. The van der Waals surface area contributed by atoms with Gasteiger partial charge in [-0.25, -0.2) is 8.42 Å². The van der Waals surface area contributed by atoms with E-state index >= 15 is 8.78 Å². The van der Waals surface area contributed by atoms with E-state index in [0.717, 1.165) is 16.7 Å². The highest BCUT2D eigenvalue weighted by molar-refractivity contribution is 7.91. The van der Waals surface area contributed by atoms with Gasteiger partial charge in [-0.15, -0.1) is 0 Å². The van der Waals surface area contributed by atoms with E-state index in [4.69, 9.17) is 0 Å². The molecule has 0 radical (unpaired) electrons. The maximum atomic E-state index is 15.0. The number of carbonyl (C=O) groups is 1. The van der Waals surface area contributed by atoms with Gasteiger partial charge in [-0.05, 0) is 85.3 Å². The van der Waals surface area contributed by atoms with Gasteiger partial charge in [-0.2, -0.15) is 22.0 Å². The average molecular weight is 559 g/mol. The quantitative estimate of drug-likeness (QED) is 0.440. The summed E-state index contributed by atoms with van der Waals surface area (Å²) in [6, 6.07) is 6.09. The topological polar surface area (TPSA) is 71.4 Å². The first-order valence-corrected chi connectivity index (χ1v) is 14.7. The zero-order valence-corrected chi connectivity index (χ0v) is 22.1. The third-order valence-corrected chi connectivity index (χ3v) is 11.5. The first-order chi connectivity index (χ1) is 17.6. The number of hydrogen-bond donors (Lipinski definition) is 1. The minimum absolute atomic E-state index is 0.00850. The zero-order chi connectivity index (χ0) is 27.9. The predicted octanol–water partition coefficient (Wildman–Crippen LogP) is 6.31. The number of carbonyl (C=O) groups excluding carboxylic acids is 1. The number of sulfone groups is 1. The SMILES string of the molecule is CCS(=O)(=O)c1ccc(C2C[C@@]3(C)[C@@H](CCC3(O)C(F)(F)C(F)(F)F)[C@@H]3CCC4=CC(=O)CCC4=C23)cc1. The van der Waals surface area contributed by atoms with Gasteiger partial charge in [-0.1, -0.05) is 31.6 Å². The summed E-state index contributed by atoms with van der Waals surface area (Å²) in [5.74, 6) is -6.90. The summed E-state index contributed by atoms with van der Waals surface area (Å²) in [5.41, 5.74) is -1.61. The maximum absolute atomic E-state index is 15.0. The molecule has 0 amide bonds. The molecule has 2 fully saturated rings. The Hall–Kier alpha value is -2.07.